The van der Waals surface area contributed by atoms with E-state index < -0.39 is 4.92 Å². The van der Waals surface area contributed by atoms with Crippen molar-refractivity contribution in [2.24, 2.45) is 0 Å². The first-order valence-corrected chi connectivity index (χ1v) is 10.2. The topological polar surface area (TPSA) is 76.7 Å². The molecule has 3 rings (SSSR count). The first-order chi connectivity index (χ1) is 13.8. The fourth-order valence-electron chi connectivity index (χ4n) is 3.63. The van der Waals surface area contributed by atoms with Gasteiger partial charge in [0.15, 0.2) is 6.54 Å². The van der Waals surface area contributed by atoms with Crippen molar-refractivity contribution >= 4 is 17.3 Å². The molecule has 0 heterocycles. The number of nitrogens with one attached hydrogen (secondary N) is 2. The lowest BCUT2D eigenvalue weighted by molar-refractivity contribution is -0.916. The van der Waals surface area contributed by atoms with Gasteiger partial charge in [0, 0.05) is 24.5 Å². The highest BCUT2D eigenvalue weighted by molar-refractivity contribution is 5.95. The highest BCUT2D eigenvalue weighted by Gasteiger charge is 2.35. The third-order valence-electron chi connectivity index (χ3n) is 5.79. The van der Waals surface area contributed by atoms with E-state index >= 15 is 0 Å². The van der Waals surface area contributed by atoms with E-state index in [2.05, 4.69) is 43.4 Å². The van der Waals surface area contributed by atoms with Gasteiger partial charge >= 0.3 is 0 Å². The third-order valence-corrected chi connectivity index (χ3v) is 5.79. The lowest BCUT2D eigenvalue weighted by Crippen LogP contribution is -3.13. The van der Waals surface area contributed by atoms with Crippen LogP contribution < -0.4 is 10.2 Å². The second-order valence-electron chi connectivity index (χ2n) is 8.39. The number of nitro benzene ring substituents is 1. The van der Waals surface area contributed by atoms with Crippen LogP contribution in [0.3, 0.4) is 0 Å². The van der Waals surface area contributed by atoms with Crippen LogP contribution in [0.4, 0.5) is 11.4 Å². The van der Waals surface area contributed by atoms with E-state index in [1.165, 1.54) is 22.1 Å². The number of hydrogen-bond donors (Lipinski definition) is 2. The van der Waals surface area contributed by atoms with Crippen molar-refractivity contribution in [1.29, 1.82) is 0 Å². The molecule has 0 aliphatic heterocycles. The lowest BCUT2D eigenvalue weighted by Gasteiger charge is -2.20. The number of aryl methyl sites for hydroxylation is 1. The molecule has 0 radical (unpaired) electrons. The molecular formula is C23H30N3O3+. The molecule has 2 aromatic rings. The highest BCUT2D eigenvalue weighted by atomic mass is 16.6. The Morgan fingerprint density at radius 3 is 2.38 bits per heavy atom. The summed E-state index contributed by atoms with van der Waals surface area (Å²) in [6.07, 6.45) is 2.24. The highest BCUT2D eigenvalue weighted by Crippen LogP contribution is 2.30. The van der Waals surface area contributed by atoms with Crippen LogP contribution in [-0.2, 0) is 11.3 Å². The summed E-state index contributed by atoms with van der Waals surface area (Å²) in [6, 6.07) is 12.3. The van der Waals surface area contributed by atoms with E-state index in [1.807, 2.05) is 6.92 Å². The zero-order valence-corrected chi connectivity index (χ0v) is 17.6. The van der Waals surface area contributed by atoms with E-state index in [9.17, 15) is 14.9 Å². The number of rotatable bonds is 8. The second kappa shape index (κ2) is 8.74. The summed E-state index contributed by atoms with van der Waals surface area (Å²) in [5.74, 6) is 0.317. The molecule has 1 unspecified atom stereocenters. The Morgan fingerprint density at radius 2 is 1.83 bits per heavy atom. The maximum Gasteiger partial charge on any atom is 0.293 e. The number of hydrogen-bond acceptors (Lipinski definition) is 3. The Hall–Kier alpha value is -2.73. The van der Waals surface area contributed by atoms with Crippen LogP contribution in [0.5, 0.6) is 0 Å². The smallest absolute Gasteiger partial charge is 0.293 e. The second-order valence-corrected chi connectivity index (χ2v) is 8.39. The molecule has 2 aromatic carbocycles. The fraction of sp³-hybridized carbons (Fsp3) is 0.435. The summed E-state index contributed by atoms with van der Waals surface area (Å²) in [5.41, 5.74) is 4.44. The van der Waals surface area contributed by atoms with Gasteiger partial charge in [0.25, 0.3) is 11.6 Å². The van der Waals surface area contributed by atoms with Crippen LogP contribution in [0.15, 0.2) is 36.4 Å². The minimum atomic E-state index is -0.441. The first-order valence-electron chi connectivity index (χ1n) is 10.2. The summed E-state index contributed by atoms with van der Waals surface area (Å²) in [6.45, 7) is 9.13. The molecular weight excluding hydrogens is 366 g/mol. The molecule has 6 nitrogen and oxygen atoms in total. The number of amides is 1. The van der Waals surface area contributed by atoms with Gasteiger partial charge in [-0.2, -0.15) is 0 Å². The Morgan fingerprint density at radius 1 is 1.17 bits per heavy atom. The van der Waals surface area contributed by atoms with Gasteiger partial charge in [-0.25, -0.2) is 0 Å². The van der Waals surface area contributed by atoms with Gasteiger partial charge in [-0.3, -0.25) is 14.9 Å². The molecule has 1 amide bonds. The number of nitrogens with zero attached hydrogens (tertiary/aromatic N) is 1. The number of anilines is 1. The SMILES string of the molecule is Cc1ccc([N+](=O)[O-])c(NC(=O)C[NH+](Cc2ccc(C(C)C)cc2)C2CC2)c1C. The molecule has 6 heteroatoms. The largest absolute Gasteiger partial charge is 0.321 e. The Bertz CT molecular complexity index is 902. The van der Waals surface area contributed by atoms with Crippen LogP contribution in [0.2, 0.25) is 0 Å². The summed E-state index contributed by atoms with van der Waals surface area (Å²) in [4.78, 5) is 24.9. The van der Waals surface area contributed by atoms with Crippen LogP contribution >= 0.6 is 0 Å². The molecule has 154 valence electrons. The predicted molar refractivity (Wildman–Crippen MR) is 114 cm³/mol. The van der Waals surface area contributed by atoms with Crippen molar-refractivity contribution in [2.45, 2.75) is 59.0 Å². The van der Waals surface area contributed by atoms with E-state index in [0.717, 1.165) is 30.5 Å². The summed E-state index contributed by atoms with van der Waals surface area (Å²) >= 11 is 0. The lowest BCUT2D eigenvalue weighted by atomic mass is 10.0. The van der Waals surface area contributed by atoms with Crippen molar-refractivity contribution in [1.82, 2.24) is 0 Å². The molecule has 1 fully saturated rings. The standard InChI is InChI=1S/C23H29N3O3/c1-15(2)19-8-6-18(7-9-19)13-25(20-10-11-20)14-22(27)24-23-17(4)16(3)5-12-21(23)26(28)29/h5-9,12,15,20H,10-11,13-14H2,1-4H3,(H,24,27)/p+1. The maximum atomic E-state index is 12.8. The number of carbonyl (C=O) groups excluding carboxylic acids is 1. The zero-order valence-electron chi connectivity index (χ0n) is 17.6. The van der Waals surface area contributed by atoms with E-state index in [0.29, 0.717) is 24.2 Å². The summed E-state index contributed by atoms with van der Waals surface area (Å²) in [7, 11) is 0. The fourth-order valence-corrected chi connectivity index (χ4v) is 3.63. The summed E-state index contributed by atoms with van der Waals surface area (Å²) < 4.78 is 0. The normalized spacial score (nSPS) is 14.7. The van der Waals surface area contributed by atoms with Crippen LogP contribution in [0.1, 0.15) is 54.9 Å². The van der Waals surface area contributed by atoms with E-state index in [-0.39, 0.29) is 11.6 Å². The minimum absolute atomic E-state index is 0.0568. The van der Waals surface area contributed by atoms with Crippen molar-refractivity contribution in [3.63, 3.8) is 0 Å². The van der Waals surface area contributed by atoms with Gasteiger partial charge in [-0.15, -0.1) is 0 Å². The molecule has 0 aromatic heterocycles. The quantitative estimate of drug-likeness (QED) is 0.529. The van der Waals surface area contributed by atoms with E-state index in [4.69, 9.17) is 0 Å². The van der Waals surface area contributed by atoms with Crippen LogP contribution in [-0.4, -0.2) is 23.4 Å². The number of benzene rings is 2. The van der Waals surface area contributed by atoms with Crippen molar-refractivity contribution in [3.8, 4) is 0 Å². The van der Waals surface area contributed by atoms with Gasteiger partial charge in [0.1, 0.15) is 12.2 Å². The predicted octanol–water partition coefficient (Wildman–Crippen LogP) is 3.52. The molecule has 2 N–H and O–H groups in total. The van der Waals surface area contributed by atoms with Gasteiger partial charge in [-0.05, 0) is 36.5 Å². The van der Waals surface area contributed by atoms with Crippen molar-refractivity contribution in [3.05, 3.63) is 68.8 Å². The van der Waals surface area contributed by atoms with Gasteiger partial charge in [0.2, 0.25) is 0 Å². The molecule has 29 heavy (non-hydrogen) atoms. The monoisotopic (exact) mass is 396 g/mol. The molecule has 1 aliphatic rings. The zero-order chi connectivity index (χ0) is 21.1. The number of carbonyl (C=O) groups is 1. The molecule has 1 saturated carbocycles. The van der Waals surface area contributed by atoms with Crippen molar-refractivity contribution in [2.75, 3.05) is 11.9 Å². The average molecular weight is 397 g/mol. The average Bonchev–Trinajstić information content (AvgIpc) is 3.50. The van der Waals surface area contributed by atoms with Gasteiger partial charge in [0.05, 0.1) is 11.0 Å². The van der Waals surface area contributed by atoms with Gasteiger partial charge < -0.3 is 10.2 Å². The molecule has 0 bridgehead atoms. The minimum Gasteiger partial charge on any atom is -0.321 e. The Balaban J connectivity index is 1.71. The molecule has 1 aliphatic carbocycles. The first kappa shape index (κ1) is 21.0. The van der Waals surface area contributed by atoms with Gasteiger partial charge in [-0.1, -0.05) is 44.2 Å². The van der Waals surface area contributed by atoms with Crippen LogP contribution in [0, 0.1) is 24.0 Å². The van der Waals surface area contributed by atoms with Crippen molar-refractivity contribution < 1.29 is 14.6 Å². The Kier molecular flexibility index (Phi) is 6.33. The molecule has 1 atom stereocenters. The third kappa shape index (κ3) is 5.21. The molecule has 0 spiro atoms. The van der Waals surface area contributed by atoms with E-state index in [1.54, 1.807) is 13.0 Å². The maximum absolute atomic E-state index is 12.8. The Labute approximate surface area is 172 Å². The molecule has 0 saturated heterocycles. The van der Waals surface area contributed by atoms with Crippen LogP contribution in [0.25, 0.3) is 0 Å². The number of nitro groups is 1. The summed E-state index contributed by atoms with van der Waals surface area (Å²) in [5, 5.41) is 14.2. The number of quaternary nitrogens is 1.